The summed E-state index contributed by atoms with van der Waals surface area (Å²) >= 11 is 0. The second kappa shape index (κ2) is 26.7. The second-order valence-corrected chi connectivity index (χ2v) is 2.62. The van der Waals surface area contributed by atoms with Crippen molar-refractivity contribution in [3.8, 4) is 0 Å². The molecule has 0 saturated heterocycles. The standard InChI is InChI=1S/C6H10.C3H6F2O2.C3H8O2.2CH4/c1-3-5-6-4-2;1-6-3(4,5)7-2;1-4-3-5-2;;/h3-6H,1-2H3;1-2H3;3H2,1-2H3;2*1H4/b5-3-,6-4-;;;;. The van der Waals surface area contributed by atoms with E-state index in [4.69, 9.17) is 0 Å². The maximum atomic E-state index is 11.4. The number of ether oxygens (including phenoxy) is 4. The summed E-state index contributed by atoms with van der Waals surface area (Å²) in [5.74, 6) is 0. The zero-order valence-electron chi connectivity index (χ0n) is 11.9. The molecule has 0 aliphatic rings. The predicted octanol–water partition coefficient (Wildman–Crippen LogP) is 4.48. The smallest absolute Gasteiger partial charge is 0.359 e. The lowest BCUT2D eigenvalue weighted by Crippen LogP contribution is -2.20. The highest BCUT2D eigenvalue weighted by atomic mass is 19.3. The van der Waals surface area contributed by atoms with Crippen LogP contribution < -0.4 is 0 Å². The van der Waals surface area contributed by atoms with Crippen LogP contribution in [0.3, 0.4) is 0 Å². The van der Waals surface area contributed by atoms with Crippen LogP contribution in [-0.4, -0.2) is 41.5 Å². The van der Waals surface area contributed by atoms with Gasteiger partial charge in [0.15, 0.2) is 0 Å². The summed E-state index contributed by atoms with van der Waals surface area (Å²) in [6.45, 7) is 4.39. The molecule has 0 atom stereocenters. The number of methoxy groups -OCH3 is 4. The molecule has 0 radical (unpaired) electrons. The van der Waals surface area contributed by atoms with Crippen molar-refractivity contribution in [1.29, 1.82) is 0 Å². The number of alkyl halides is 2. The van der Waals surface area contributed by atoms with Gasteiger partial charge in [0, 0.05) is 28.4 Å². The number of allylic oxidation sites excluding steroid dienone is 4. The van der Waals surface area contributed by atoms with Crippen molar-refractivity contribution in [3.63, 3.8) is 0 Å². The first-order valence-corrected chi connectivity index (χ1v) is 5.15. The molecule has 0 aliphatic heterocycles. The minimum Gasteiger partial charge on any atom is -0.359 e. The first-order chi connectivity index (χ1) is 8.45. The Kier molecular flexibility index (Phi) is 42.1. The van der Waals surface area contributed by atoms with E-state index in [1.807, 2.05) is 38.2 Å². The van der Waals surface area contributed by atoms with E-state index in [0.717, 1.165) is 14.2 Å². The van der Waals surface area contributed by atoms with E-state index >= 15 is 0 Å². The molecule has 0 fully saturated rings. The van der Waals surface area contributed by atoms with Crippen molar-refractivity contribution in [2.24, 2.45) is 0 Å². The van der Waals surface area contributed by atoms with Crippen molar-refractivity contribution < 1.29 is 27.7 Å². The highest BCUT2D eigenvalue weighted by molar-refractivity contribution is 4.98. The van der Waals surface area contributed by atoms with Crippen LogP contribution in [0.15, 0.2) is 24.3 Å². The lowest BCUT2D eigenvalue weighted by Gasteiger charge is -2.08. The van der Waals surface area contributed by atoms with Crippen LogP contribution in [0, 0.1) is 0 Å². The minimum absolute atomic E-state index is 0. The number of hydrogen-bond donors (Lipinski definition) is 0. The van der Waals surface area contributed by atoms with Gasteiger partial charge in [0.1, 0.15) is 6.79 Å². The van der Waals surface area contributed by atoms with Gasteiger partial charge in [-0.1, -0.05) is 39.2 Å². The van der Waals surface area contributed by atoms with Gasteiger partial charge in [0.05, 0.1) is 0 Å². The summed E-state index contributed by atoms with van der Waals surface area (Å²) in [5, 5.41) is 0. The molecule has 126 valence electrons. The van der Waals surface area contributed by atoms with Crippen LogP contribution in [0.5, 0.6) is 0 Å². The molecule has 20 heavy (non-hydrogen) atoms. The van der Waals surface area contributed by atoms with E-state index in [9.17, 15) is 8.78 Å². The Morgan fingerprint density at radius 3 is 1.15 bits per heavy atom. The summed E-state index contributed by atoms with van der Waals surface area (Å²) in [5.41, 5.74) is 0. The third-order valence-corrected chi connectivity index (χ3v) is 1.21. The summed E-state index contributed by atoms with van der Waals surface area (Å²) < 4.78 is 38.9. The molecule has 0 N–H and O–H groups in total. The van der Waals surface area contributed by atoms with Crippen molar-refractivity contribution in [2.75, 3.05) is 35.2 Å². The lowest BCUT2D eigenvalue weighted by atomic mass is 10.5. The van der Waals surface area contributed by atoms with Gasteiger partial charge in [-0.3, -0.25) is 9.47 Å². The molecule has 0 unspecified atom stereocenters. The molecular weight excluding hydrogens is 270 g/mol. The Labute approximate surface area is 123 Å². The maximum absolute atomic E-state index is 11.4. The van der Waals surface area contributed by atoms with Crippen molar-refractivity contribution in [3.05, 3.63) is 24.3 Å². The van der Waals surface area contributed by atoms with Crippen molar-refractivity contribution in [2.45, 2.75) is 35.0 Å². The first-order valence-electron chi connectivity index (χ1n) is 5.15. The molecule has 0 rings (SSSR count). The molecule has 0 aromatic carbocycles. The molecule has 0 amide bonds. The normalized spacial score (nSPS) is 9.80. The summed E-state index contributed by atoms with van der Waals surface area (Å²) in [6.07, 6.45) is 4.58. The molecule has 0 bridgehead atoms. The summed E-state index contributed by atoms with van der Waals surface area (Å²) in [7, 11) is 4.90. The van der Waals surface area contributed by atoms with Gasteiger partial charge in [-0.15, -0.1) is 8.78 Å². The van der Waals surface area contributed by atoms with E-state index in [-0.39, 0.29) is 14.9 Å². The fraction of sp³-hybridized carbons (Fsp3) is 0.714. The predicted molar refractivity (Wildman–Crippen MR) is 80.9 cm³/mol. The number of hydrogen-bond acceptors (Lipinski definition) is 4. The first kappa shape index (κ1) is 31.5. The average Bonchev–Trinajstić information content (AvgIpc) is 2.39. The molecule has 0 aliphatic carbocycles. The van der Waals surface area contributed by atoms with E-state index in [1.54, 1.807) is 14.2 Å². The zero-order chi connectivity index (χ0) is 14.9. The van der Waals surface area contributed by atoms with Gasteiger partial charge in [0.25, 0.3) is 0 Å². The monoisotopic (exact) mass is 302 g/mol. The van der Waals surface area contributed by atoms with Gasteiger partial charge < -0.3 is 9.47 Å². The lowest BCUT2D eigenvalue weighted by molar-refractivity contribution is -0.372. The summed E-state index contributed by atoms with van der Waals surface area (Å²) in [4.78, 5) is 0. The van der Waals surface area contributed by atoms with Gasteiger partial charge in [-0.2, -0.15) is 0 Å². The second-order valence-electron chi connectivity index (χ2n) is 2.62. The van der Waals surface area contributed by atoms with E-state index < -0.39 is 6.29 Å². The van der Waals surface area contributed by atoms with Gasteiger partial charge in [-0.05, 0) is 13.8 Å². The number of rotatable bonds is 5. The van der Waals surface area contributed by atoms with Crippen molar-refractivity contribution in [1.82, 2.24) is 0 Å². The van der Waals surface area contributed by atoms with Gasteiger partial charge in [-0.25, -0.2) is 0 Å². The van der Waals surface area contributed by atoms with E-state index in [0.29, 0.717) is 6.79 Å². The van der Waals surface area contributed by atoms with E-state index in [2.05, 4.69) is 18.9 Å². The largest absolute Gasteiger partial charge is 0.484 e. The molecule has 6 heteroatoms. The minimum atomic E-state index is -3.42. The van der Waals surface area contributed by atoms with Gasteiger partial charge >= 0.3 is 6.29 Å². The Bertz CT molecular complexity index is 178. The zero-order valence-corrected chi connectivity index (χ0v) is 11.9. The fourth-order valence-corrected chi connectivity index (χ4v) is 0.423. The quantitative estimate of drug-likeness (QED) is 0.554. The molecule has 0 spiro atoms. The van der Waals surface area contributed by atoms with Crippen LogP contribution in [0.4, 0.5) is 8.78 Å². The molecule has 4 nitrogen and oxygen atoms in total. The Morgan fingerprint density at radius 1 is 0.800 bits per heavy atom. The highest BCUT2D eigenvalue weighted by Gasteiger charge is 2.26. The third kappa shape index (κ3) is 43.4. The van der Waals surface area contributed by atoms with Crippen LogP contribution >= 0.6 is 0 Å². The topological polar surface area (TPSA) is 36.9 Å². The SMILES string of the molecule is C.C.C/C=C\C=C/C.COC(F)(F)OC.COCOC. The van der Waals surface area contributed by atoms with Crippen LogP contribution in [0.25, 0.3) is 0 Å². The van der Waals surface area contributed by atoms with Crippen LogP contribution in [0.1, 0.15) is 28.7 Å². The molecule has 0 saturated carbocycles. The van der Waals surface area contributed by atoms with Gasteiger partial charge in [0.2, 0.25) is 0 Å². The molecule has 0 aromatic heterocycles. The van der Waals surface area contributed by atoms with Crippen LogP contribution in [-0.2, 0) is 18.9 Å². The summed E-state index contributed by atoms with van der Waals surface area (Å²) in [6, 6.07) is 0. The maximum Gasteiger partial charge on any atom is 0.484 e. The fourth-order valence-electron chi connectivity index (χ4n) is 0.423. The Balaban J connectivity index is -0.0000000543. The molecular formula is C14H32F2O4. The molecule has 0 heterocycles. The Morgan fingerprint density at radius 2 is 1.10 bits per heavy atom. The van der Waals surface area contributed by atoms with Crippen molar-refractivity contribution >= 4 is 0 Å². The van der Waals surface area contributed by atoms with Crippen LogP contribution in [0.2, 0.25) is 0 Å². The van der Waals surface area contributed by atoms with E-state index in [1.165, 1.54) is 0 Å². The Hall–Kier alpha value is -0.820. The third-order valence-electron chi connectivity index (χ3n) is 1.21. The number of halogens is 2. The molecule has 0 aromatic rings. The average molecular weight is 302 g/mol. The highest BCUT2D eigenvalue weighted by Crippen LogP contribution is 2.12.